The predicted octanol–water partition coefficient (Wildman–Crippen LogP) is 6.85. The molecule has 0 bridgehead atoms. The molecule has 0 aliphatic heterocycles. The van der Waals surface area contributed by atoms with Crippen molar-refractivity contribution in [3.63, 3.8) is 0 Å². The molecule has 3 aromatic rings. The first-order valence-electron chi connectivity index (χ1n) is 17.9. The van der Waals surface area contributed by atoms with Gasteiger partial charge in [0.2, 0.25) is 5.78 Å². The lowest BCUT2D eigenvalue weighted by molar-refractivity contribution is -0.171. The molecule has 14 heteroatoms. The fraction of sp³-hybridized carbons (Fsp3) is 0.439. The molecule has 55 heavy (non-hydrogen) atoms. The van der Waals surface area contributed by atoms with Crippen LogP contribution in [0.1, 0.15) is 87.4 Å². The SMILES string of the molecule is C=C(C)NCc1ccccc1C[C@H](NC(=O)OC(C)(C)C)C(=O)N(C)OC.C=C(C)NCc1ccccc1C[C@H](NC(=O)OC(C)(C)C)C(=O)c1nccs1. The molecule has 1 aromatic heterocycles. The van der Waals surface area contributed by atoms with Crippen LogP contribution in [0.4, 0.5) is 9.59 Å². The van der Waals surface area contributed by atoms with Crippen molar-refractivity contribution in [1.82, 2.24) is 31.3 Å². The molecule has 0 spiro atoms. The van der Waals surface area contributed by atoms with Gasteiger partial charge in [-0.15, -0.1) is 11.3 Å². The number of rotatable bonds is 16. The highest BCUT2D eigenvalue weighted by molar-refractivity contribution is 7.11. The Hall–Kier alpha value is -5.21. The quantitative estimate of drug-likeness (QED) is 0.0895. The van der Waals surface area contributed by atoms with E-state index in [2.05, 4.69) is 39.4 Å². The number of Topliss-reactive ketones (excluding diaryl/α,β-unsaturated/α-hetero) is 1. The van der Waals surface area contributed by atoms with Crippen LogP contribution in [-0.2, 0) is 45.0 Å². The van der Waals surface area contributed by atoms with Crippen LogP contribution in [0.5, 0.6) is 0 Å². The van der Waals surface area contributed by atoms with Gasteiger partial charge < -0.3 is 30.7 Å². The monoisotopic (exact) mass is 778 g/mol. The number of hydrogen-bond acceptors (Lipinski definition) is 11. The fourth-order valence-corrected chi connectivity index (χ4v) is 5.53. The number of benzene rings is 2. The molecule has 0 saturated carbocycles. The standard InChI is InChI=1S/C21H27N3O3S.C20H31N3O4/c1-14(2)23-13-16-9-7-6-8-15(16)12-17(18(25)19-22-10-11-28-19)24-20(26)27-21(3,4)5;1-14(2)21-13-16-11-9-8-10-15(16)12-17(18(24)23(6)26-7)22-19(25)27-20(3,4)5/h6-11,17,23H,1,12-13H2,2-5H3,(H,24,26);8-11,17,21H,1,12-13H2,2-7H3,(H,22,25)/t2*17-/m00/s1. The summed E-state index contributed by atoms with van der Waals surface area (Å²) in [5.74, 6) is -0.602. The number of carbonyl (C=O) groups is 4. The van der Waals surface area contributed by atoms with E-state index in [0.717, 1.165) is 38.7 Å². The molecule has 2 aromatic carbocycles. The minimum Gasteiger partial charge on any atom is -0.444 e. The van der Waals surface area contributed by atoms with E-state index in [1.807, 2.05) is 62.4 Å². The number of thiazole rings is 1. The number of hydrogen-bond donors (Lipinski definition) is 4. The molecule has 2 atom stereocenters. The van der Waals surface area contributed by atoms with Crippen LogP contribution in [0.3, 0.4) is 0 Å². The second-order valence-electron chi connectivity index (χ2n) is 14.8. The number of likely N-dealkylation sites (N-methyl/N-ethyl adjacent to an activating group) is 1. The molecule has 3 rings (SSSR count). The van der Waals surface area contributed by atoms with Gasteiger partial charge in [0.1, 0.15) is 23.3 Å². The first-order valence-corrected chi connectivity index (χ1v) is 18.7. The summed E-state index contributed by atoms with van der Waals surface area (Å²) >= 11 is 1.25. The maximum Gasteiger partial charge on any atom is 0.408 e. The van der Waals surface area contributed by atoms with Crippen LogP contribution in [0.15, 0.2) is 84.7 Å². The lowest BCUT2D eigenvalue weighted by Crippen LogP contribution is -2.49. The normalized spacial score (nSPS) is 12.1. The Bertz CT molecular complexity index is 1750. The van der Waals surface area contributed by atoms with Crippen LogP contribution in [0, 0.1) is 0 Å². The summed E-state index contributed by atoms with van der Waals surface area (Å²) in [6.07, 6.45) is 0.946. The number of ketones is 1. The van der Waals surface area contributed by atoms with Gasteiger partial charge in [-0.25, -0.2) is 19.6 Å². The number of alkyl carbamates (subject to hydrolysis) is 2. The third-order valence-electron chi connectivity index (χ3n) is 7.47. The van der Waals surface area contributed by atoms with E-state index in [-0.39, 0.29) is 11.7 Å². The summed E-state index contributed by atoms with van der Waals surface area (Å²) in [6, 6.07) is 13.9. The summed E-state index contributed by atoms with van der Waals surface area (Å²) in [5, 5.41) is 15.0. The zero-order chi connectivity index (χ0) is 41.3. The molecule has 300 valence electrons. The molecule has 13 nitrogen and oxygen atoms in total. The summed E-state index contributed by atoms with van der Waals surface area (Å²) in [6.45, 7) is 23.3. The van der Waals surface area contributed by atoms with Gasteiger partial charge in [0.15, 0.2) is 5.01 Å². The molecule has 0 unspecified atom stereocenters. The van der Waals surface area contributed by atoms with E-state index < -0.39 is 35.5 Å². The Morgan fingerprint density at radius 2 is 1.16 bits per heavy atom. The van der Waals surface area contributed by atoms with Crippen molar-refractivity contribution in [2.45, 2.75) is 105 Å². The number of amides is 3. The number of hydroxylamine groups is 2. The van der Waals surface area contributed by atoms with Crippen molar-refractivity contribution in [3.8, 4) is 0 Å². The number of nitrogens with one attached hydrogen (secondary N) is 4. The summed E-state index contributed by atoms with van der Waals surface area (Å²) < 4.78 is 10.6. The van der Waals surface area contributed by atoms with Crippen LogP contribution >= 0.6 is 11.3 Å². The maximum absolute atomic E-state index is 12.9. The van der Waals surface area contributed by atoms with E-state index in [0.29, 0.717) is 30.9 Å². The van der Waals surface area contributed by atoms with Crippen LogP contribution in [-0.4, -0.2) is 71.4 Å². The van der Waals surface area contributed by atoms with E-state index >= 15 is 0 Å². The zero-order valence-corrected chi connectivity index (χ0v) is 34.6. The van der Waals surface area contributed by atoms with Crippen LogP contribution in [0.2, 0.25) is 0 Å². The third-order valence-corrected chi connectivity index (χ3v) is 8.26. The minimum absolute atomic E-state index is 0.233. The van der Waals surface area contributed by atoms with E-state index in [4.69, 9.17) is 14.3 Å². The number of allylic oxidation sites excluding steroid dienone is 2. The predicted molar refractivity (Wildman–Crippen MR) is 216 cm³/mol. The lowest BCUT2D eigenvalue weighted by atomic mass is 9.98. The van der Waals surface area contributed by atoms with Gasteiger partial charge in [0, 0.05) is 55.9 Å². The molecule has 3 amide bonds. The van der Waals surface area contributed by atoms with Crippen LogP contribution < -0.4 is 21.3 Å². The van der Waals surface area contributed by atoms with E-state index in [1.165, 1.54) is 25.5 Å². The Kier molecular flexibility index (Phi) is 18.1. The van der Waals surface area contributed by atoms with Gasteiger partial charge in [-0.05, 0) is 77.6 Å². The Morgan fingerprint density at radius 3 is 1.55 bits per heavy atom. The van der Waals surface area contributed by atoms with Crippen molar-refractivity contribution in [2.24, 2.45) is 0 Å². The zero-order valence-electron chi connectivity index (χ0n) is 33.8. The highest BCUT2D eigenvalue weighted by atomic mass is 32.1. The van der Waals surface area contributed by atoms with Gasteiger partial charge in [-0.3, -0.25) is 14.4 Å². The van der Waals surface area contributed by atoms with Crippen LogP contribution in [0.25, 0.3) is 0 Å². The summed E-state index contributed by atoms with van der Waals surface area (Å²) in [5.41, 5.74) is 4.35. The summed E-state index contributed by atoms with van der Waals surface area (Å²) in [7, 11) is 2.90. The molecular formula is C41H58N6O7S. The van der Waals surface area contributed by atoms with Crippen molar-refractivity contribution < 1.29 is 33.5 Å². The van der Waals surface area contributed by atoms with Crippen molar-refractivity contribution in [3.05, 3.63) is 112 Å². The number of ether oxygens (including phenoxy) is 2. The Labute approximate surface area is 329 Å². The molecule has 0 aliphatic rings. The molecule has 0 fully saturated rings. The first kappa shape index (κ1) is 45.9. The molecular weight excluding hydrogens is 721 g/mol. The van der Waals surface area contributed by atoms with Gasteiger partial charge in [0.25, 0.3) is 5.91 Å². The average Bonchev–Trinajstić information content (AvgIpc) is 3.63. The van der Waals surface area contributed by atoms with Gasteiger partial charge in [0.05, 0.1) is 7.11 Å². The molecule has 0 saturated heterocycles. The molecule has 1 heterocycles. The second kappa shape index (κ2) is 21.6. The van der Waals surface area contributed by atoms with Crippen molar-refractivity contribution >= 4 is 35.2 Å². The number of aromatic nitrogens is 1. The summed E-state index contributed by atoms with van der Waals surface area (Å²) in [4.78, 5) is 59.2. The highest BCUT2D eigenvalue weighted by Crippen LogP contribution is 2.18. The highest BCUT2D eigenvalue weighted by Gasteiger charge is 2.29. The number of carbonyl (C=O) groups excluding carboxylic acids is 4. The van der Waals surface area contributed by atoms with E-state index in [9.17, 15) is 19.2 Å². The van der Waals surface area contributed by atoms with Crippen molar-refractivity contribution in [2.75, 3.05) is 14.2 Å². The topological polar surface area (TPSA) is 160 Å². The van der Waals surface area contributed by atoms with E-state index in [1.54, 1.807) is 53.1 Å². The largest absolute Gasteiger partial charge is 0.444 e. The maximum atomic E-state index is 12.9. The van der Waals surface area contributed by atoms with Gasteiger partial charge in [-0.1, -0.05) is 61.7 Å². The number of nitrogens with zero attached hydrogens (tertiary/aromatic N) is 2. The van der Waals surface area contributed by atoms with Gasteiger partial charge in [-0.2, -0.15) is 0 Å². The molecule has 0 radical (unpaired) electrons. The first-order chi connectivity index (χ1) is 25.7. The third kappa shape index (κ3) is 17.7. The molecule has 4 N–H and O–H groups in total. The van der Waals surface area contributed by atoms with Crippen molar-refractivity contribution in [1.29, 1.82) is 0 Å². The average molecular weight is 779 g/mol. The Balaban J connectivity index is 0.000000380. The smallest absolute Gasteiger partial charge is 0.408 e. The second-order valence-corrected chi connectivity index (χ2v) is 15.7. The fourth-order valence-electron chi connectivity index (χ4n) is 4.90. The lowest BCUT2D eigenvalue weighted by Gasteiger charge is -2.26. The minimum atomic E-state index is -0.823. The Morgan fingerprint density at radius 1 is 0.745 bits per heavy atom. The van der Waals surface area contributed by atoms with Gasteiger partial charge >= 0.3 is 12.2 Å². The molecule has 0 aliphatic carbocycles.